The zero-order valence-corrected chi connectivity index (χ0v) is 9.85. The van der Waals surface area contributed by atoms with Crippen LogP contribution in [0.4, 0.5) is 0 Å². The summed E-state index contributed by atoms with van der Waals surface area (Å²) in [5, 5.41) is 0. The van der Waals surface area contributed by atoms with Gasteiger partial charge in [0.15, 0.2) is 0 Å². The van der Waals surface area contributed by atoms with E-state index < -0.39 is 0 Å². The van der Waals surface area contributed by atoms with Gasteiger partial charge in [-0.25, -0.2) is 0 Å². The molecule has 0 amide bonds. The molecule has 0 bridgehead atoms. The van der Waals surface area contributed by atoms with Gasteiger partial charge in [0.25, 0.3) is 0 Å². The van der Waals surface area contributed by atoms with E-state index in [0.717, 1.165) is 19.3 Å². The molecule has 1 fully saturated rings. The van der Waals surface area contributed by atoms with E-state index in [-0.39, 0.29) is 17.0 Å². The van der Waals surface area contributed by atoms with Crippen LogP contribution in [0, 0.1) is 5.41 Å². The average Bonchev–Trinajstić information content (AvgIpc) is 2.49. The molecular weight excluding hydrogens is 176 g/mol. The molecule has 0 aromatic heterocycles. The molecule has 0 saturated heterocycles. The first kappa shape index (κ1) is 11.5. The van der Waals surface area contributed by atoms with Crippen LogP contribution in [0.3, 0.4) is 0 Å². The maximum absolute atomic E-state index is 12.0. The topological polar surface area (TPSA) is 26.3 Å². The van der Waals surface area contributed by atoms with Crippen molar-refractivity contribution in [2.45, 2.75) is 65.4 Å². The lowest BCUT2D eigenvalue weighted by atomic mass is 9.83. The summed E-state index contributed by atoms with van der Waals surface area (Å²) < 4.78 is 5.48. The highest BCUT2D eigenvalue weighted by atomic mass is 16.6. The monoisotopic (exact) mass is 198 g/mol. The molecular formula is C12H22O2. The SMILES string of the molecule is CCC1(C(=O)OC(C)(C)C)CCCC1. The standard InChI is InChI=1S/C12H22O2/c1-5-12(8-6-7-9-12)10(13)14-11(2,3)4/h5-9H2,1-4H3. The quantitative estimate of drug-likeness (QED) is 0.636. The molecule has 1 rings (SSSR count). The Morgan fingerprint density at radius 2 is 1.79 bits per heavy atom. The summed E-state index contributed by atoms with van der Waals surface area (Å²) in [4.78, 5) is 12.0. The fourth-order valence-corrected chi connectivity index (χ4v) is 2.14. The Morgan fingerprint density at radius 1 is 1.29 bits per heavy atom. The van der Waals surface area contributed by atoms with E-state index in [2.05, 4.69) is 6.92 Å². The third-order valence-electron chi connectivity index (χ3n) is 3.07. The molecule has 0 aliphatic heterocycles. The summed E-state index contributed by atoms with van der Waals surface area (Å²) in [6, 6.07) is 0. The summed E-state index contributed by atoms with van der Waals surface area (Å²) in [5.41, 5.74) is -0.505. The van der Waals surface area contributed by atoms with Crippen molar-refractivity contribution in [1.29, 1.82) is 0 Å². The lowest BCUT2D eigenvalue weighted by molar-refractivity contribution is -0.167. The van der Waals surface area contributed by atoms with Crippen molar-refractivity contribution in [3.05, 3.63) is 0 Å². The number of carbonyl (C=O) groups excluding carboxylic acids is 1. The molecule has 1 aliphatic carbocycles. The molecule has 2 heteroatoms. The van der Waals surface area contributed by atoms with Crippen LogP contribution in [0.5, 0.6) is 0 Å². The minimum atomic E-state index is -0.345. The molecule has 0 heterocycles. The summed E-state index contributed by atoms with van der Waals surface area (Å²) in [6.45, 7) is 7.89. The lowest BCUT2D eigenvalue weighted by Crippen LogP contribution is -2.35. The fourth-order valence-electron chi connectivity index (χ4n) is 2.14. The molecule has 82 valence electrons. The van der Waals surface area contributed by atoms with Gasteiger partial charge < -0.3 is 4.74 Å². The third-order valence-corrected chi connectivity index (χ3v) is 3.07. The minimum Gasteiger partial charge on any atom is -0.460 e. The molecule has 0 aromatic carbocycles. The van der Waals surface area contributed by atoms with Crippen molar-refractivity contribution < 1.29 is 9.53 Å². The Labute approximate surface area is 87.0 Å². The number of hydrogen-bond acceptors (Lipinski definition) is 2. The molecule has 0 N–H and O–H groups in total. The van der Waals surface area contributed by atoms with Crippen LogP contribution in [0.15, 0.2) is 0 Å². The first-order valence-electron chi connectivity index (χ1n) is 5.63. The van der Waals surface area contributed by atoms with E-state index in [4.69, 9.17) is 4.74 Å². The zero-order valence-electron chi connectivity index (χ0n) is 9.85. The van der Waals surface area contributed by atoms with Crippen molar-refractivity contribution in [3.63, 3.8) is 0 Å². The zero-order chi connectivity index (χ0) is 10.8. The third kappa shape index (κ3) is 2.49. The molecule has 0 unspecified atom stereocenters. The van der Waals surface area contributed by atoms with Crippen molar-refractivity contribution in [1.82, 2.24) is 0 Å². The molecule has 1 aliphatic rings. The molecule has 0 spiro atoms. The second kappa shape index (κ2) is 3.92. The van der Waals surface area contributed by atoms with Gasteiger partial charge in [-0.3, -0.25) is 4.79 Å². The van der Waals surface area contributed by atoms with Gasteiger partial charge in [0.05, 0.1) is 5.41 Å². The summed E-state index contributed by atoms with van der Waals surface area (Å²) in [7, 11) is 0. The predicted octanol–water partition coefficient (Wildman–Crippen LogP) is 3.30. The number of rotatable bonds is 2. The summed E-state index contributed by atoms with van der Waals surface area (Å²) >= 11 is 0. The van der Waals surface area contributed by atoms with Crippen LogP contribution in [-0.2, 0) is 9.53 Å². The van der Waals surface area contributed by atoms with Gasteiger partial charge in [0.1, 0.15) is 5.60 Å². The van der Waals surface area contributed by atoms with E-state index in [1.807, 2.05) is 20.8 Å². The molecule has 0 radical (unpaired) electrons. The van der Waals surface area contributed by atoms with Gasteiger partial charge in [-0.15, -0.1) is 0 Å². The fraction of sp³-hybridized carbons (Fsp3) is 0.917. The number of carbonyl (C=O) groups is 1. The van der Waals surface area contributed by atoms with E-state index in [1.54, 1.807) is 0 Å². The Bertz CT molecular complexity index is 207. The highest BCUT2D eigenvalue weighted by molar-refractivity contribution is 5.77. The van der Waals surface area contributed by atoms with Crippen LogP contribution >= 0.6 is 0 Å². The minimum absolute atomic E-state index is 0.0185. The van der Waals surface area contributed by atoms with Gasteiger partial charge in [0, 0.05) is 0 Å². The average molecular weight is 198 g/mol. The molecule has 0 atom stereocenters. The second-order valence-corrected chi connectivity index (χ2v) is 5.34. The lowest BCUT2D eigenvalue weighted by Gasteiger charge is -2.30. The van der Waals surface area contributed by atoms with Gasteiger partial charge in [-0.1, -0.05) is 19.8 Å². The Kier molecular flexibility index (Phi) is 3.23. The van der Waals surface area contributed by atoms with Crippen LogP contribution in [0.1, 0.15) is 59.8 Å². The van der Waals surface area contributed by atoms with E-state index >= 15 is 0 Å². The largest absolute Gasteiger partial charge is 0.460 e. The second-order valence-electron chi connectivity index (χ2n) is 5.34. The van der Waals surface area contributed by atoms with Crippen molar-refractivity contribution in [2.24, 2.45) is 5.41 Å². The van der Waals surface area contributed by atoms with Gasteiger partial charge in [0.2, 0.25) is 0 Å². The molecule has 2 nitrogen and oxygen atoms in total. The van der Waals surface area contributed by atoms with Crippen LogP contribution < -0.4 is 0 Å². The van der Waals surface area contributed by atoms with Crippen molar-refractivity contribution in [3.8, 4) is 0 Å². The highest BCUT2D eigenvalue weighted by Crippen LogP contribution is 2.42. The van der Waals surface area contributed by atoms with Crippen molar-refractivity contribution >= 4 is 5.97 Å². The summed E-state index contributed by atoms with van der Waals surface area (Å²) in [5.74, 6) is 0.0185. The highest BCUT2D eigenvalue weighted by Gasteiger charge is 2.42. The van der Waals surface area contributed by atoms with Gasteiger partial charge >= 0.3 is 5.97 Å². The molecule has 14 heavy (non-hydrogen) atoms. The van der Waals surface area contributed by atoms with Gasteiger partial charge in [-0.2, -0.15) is 0 Å². The number of ether oxygens (including phenoxy) is 1. The Hall–Kier alpha value is -0.530. The van der Waals surface area contributed by atoms with E-state index in [0.29, 0.717) is 0 Å². The van der Waals surface area contributed by atoms with Crippen LogP contribution in [0.2, 0.25) is 0 Å². The smallest absolute Gasteiger partial charge is 0.312 e. The van der Waals surface area contributed by atoms with Gasteiger partial charge in [-0.05, 0) is 40.0 Å². The van der Waals surface area contributed by atoms with E-state index in [1.165, 1.54) is 12.8 Å². The summed E-state index contributed by atoms with van der Waals surface area (Å²) in [6.07, 6.45) is 5.29. The van der Waals surface area contributed by atoms with Crippen molar-refractivity contribution in [2.75, 3.05) is 0 Å². The van der Waals surface area contributed by atoms with E-state index in [9.17, 15) is 4.79 Å². The number of esters is 1. The Balaban J connectivity index is 2.66. The molecule has 0 aromatic rings. The maximum atomic E-state index is 12.0. The van der Waals surface area contributed by atoms with Crippen LogP contribution in [0.25, 0.3) is 0 Å². The first-order valence-corrected chi connectivity index (χ1v) is 5.63. The normalized spacial score (nSPS) is 20.9. The van der Waals surface area contributed by atoms with Crippen LogP contribution in [-0.4, -0.2) is 11.6 Å². The number of hydrogen-bond donors (Lipinski definition) is 0. The predicted molar refractivity (Wildman–Crippen MR) is 57.0 cm³/mol. The Morgan fingerprint density at radius 3 is 2.14 bits per heavy atom. The molecule has 1 saturated carbocycles. The maximum Gasteiger partial charge on any atom is 0.312 e. The first-order chi connectivity index (χ1) is 6.40.